The van der Waals surface area contributed by atoms with Gasteiger partial charge in [-0.1, -0.05) is 13.0 Å². The van der Waals surface area contributed by atoms with E-state index in [-0.39, 0.29) is 19.0 Å². The number of phenolic OH excluding ortho intramolecular Hbond substituents is 1. The third kappa shape index (κ3) is 4.71. The van der Waals surface area contributed by atoms with Crippen LogP contribution in [0, 0.1) is 5.41 Å². The number of ketones is 1. The fourth-order valence-electron chi connectivity index (χ4n) is 2.33. The van der Waals surface area contributed by atoms with Gasteiger partial charge >= 0.3 is 11.9 Å². The lowest BCUT2D eigenvalue weighted by Crippen LogP contribution is -2.52. The van der Waals surface area contributed by atoms with Crippen molar-refractivity contribution in [3.63, 3.8) is 0 Å². The lowest BCUT2D eigenvalue weighted by molar-refractivity contribution is -0.173. The van der Waals surface area contributed by atoms with Crippen LogP contribution in [0.4, 0.5) is 5.69 Å². The zero-order valence-corrected chi connectivity index (χ0v) is 15.0. The maximum absolute atomic E-state index is 13.0. The Bertz CT molecular complexity index is 610. The van der Waals surface area contributed by atoms with E-state index in [0.717, 1.165) is 0 Å². The van der Waals surface area contributed by atoms with E-state index < -0.39 is 29.2 Å². The second-order valence-electron chi connectivity index (χ2n) is 5.59. The van der Waals surface area contributed by atoms with E-state index in [1.54, 1.807) is 32.9 Å². The highest BCUT2D eigenvalue weighted by Crippen LogP contribution is 2.27. The molecule has 138 valence electrons. The first kappa shape index (κ1) is 20.5. The highest BCUT2D eigenvalue weighted by molar-refractivity contribution is 6.21. The molecule has 0 saturated carbocycles. The predicted octanol–water partition coefficient (Wildman–Crippen LogP) is 2.28. The summed E-state index contributed by atoms with van der Waals surface area (Å²) in [5.41, 5.74) is -1.56. The first-order valence-corrected chi connectivity index (χ1v) is 8.25. The van der Waals surface area contributed by atoms with Crippen LogP contribution < -0.4 is 5.32 Å². The SMILES string of the molecule is CCOC(=O)C(C)(C(=O)OCC)C(=O)C(CC)Nc1cccc(O)c1. The van der Waals surface area contributed by atoms with Gasteiger partial charge in [0.25, 0.3) is 0 Å². The van der Waals surface area contributed by atoms with E-state index in [4.69, 9.17) is 9.47 Å². The van der Waals surface area contributed by atoms with Crippen LogP contribution in [0.25, 0.3) is 0 Å². The van der Waals surface area contributed by atoms with Gasteiger partial charge in [0.2, 0.25) is 5.41 Å². The van der Waals surface area contributed by atoms with Crippen LogP contribution in [0.2, 0.25) is 0 Å². The van der Waals surface area contributed by atoms with E-state index in [1.165, 1.54) is 19.1 Å². The third-order valence-electron chi connectivity index (χ3n) is 3.77. The van der Waals surface area contributed by atoms with Gasteiger partial charge in [-0.05, 0) is 39.3 Å². The topological polar surface area (TPSA) is 102 Å². The lowest BCUT2D eigenvalue weighted by Gasteiger charge is -2.28. The molecule has 0 bridgehead atoms. The zero-order valence-electron chi connectivity index (χ0n) is 15.0. The van der Waals surface area contributed by atoms with E-state index in [0.29, 0.717) is 12.1 Å². The molecule has 25 heavy (non-hydrogen) atoms. The summed E-state index contributed by atoms with van der Waals surface area (Å²) in [5, 5.41) is 12.5. The van der Waals surface area contributed by atoms with Gasteiger partial charge in [-0.3, -0.25) is 14.4 Å². The number of esters is 2. The zero-order chi connectivity index (χ0) is 19.0. The molecule has 1 aromatic rings. The van der Waals surface area contributed by atoms with Gasteiger partial charge in [-0.2, -0.15) is 0 Å². The Hall–Kier alpha value is -2.57. The molecule has 2 N–H and O–H groups in total. The standard InChI is InChI=1S/C18H25NO6/c1-5-14(19-12-9-8-10-13(20)11-12)15(21)18(4,16(22)24-6-2)17(23)25-7-3/h8-11,14,19-20H,5-7H2,1-4H3. The van der Waals surface area contributed by atoms with Crippen molar-refractivity contribution >= 4 is 23.4 Å². The summed E-state index contributed by atoms with van der Waals surface area (Å²) in [6, 6.07) is 5.39. The summed E-state index contributed by atoms with van der Waals surface area (Å²) in [4.78, 5) is 37.7. The molecule has 0 radical (unpaired) electrons. The minimum atomic E-state index is -2.06. The Balaban J connectivity index is 3.15. The highest BCUT2D eigenvalue weighted by Gasteiger charge is 2.53. The number of Topliss-reactive ketones (excluding diaryl/α,β-unsaturated/α-hetero) is 1. The Morgan fingerprint density at radius 2 is 1.68 bits per heavy atom. The van der Waals surface area contributed by atoms with E-state index in [9.17, 15) is 19.5 Å². The van der Waals surface area contributed by atoms with E-state index in [2.05, 4.69) is 5.32 Å². The van der Waals surface area contributed by atoms with Crippen LogP contribution in [0.15, 0.2) is 24.3 Å². The van der Waals surface area contributed by atoms with Crippen LogP contribution in [0.3, 0.4) is 0 Å². The Morgan fingerprint density at radius 3 is 2.12 bits per heavy atom. The number of ether oxygens (including phenoxy) is 2. The number of carbonyl (C=O) groups excluding carboxylic acids is 3. The molecule has 0 saturated heterocycles. The normalized spacial score (nSPS) is 12.2. The van der Waals surface area contributed by atoms with Crippen LogP contribution in [0.5, 0.6) is 5.75 Å². The van der Waals surface area contributed by atoms with Crippen molar-refractivity contribution in [2.45, 2.75) is 40.2 Å². The average Bonchev–Trinajstić information content (AvgIpc) is 2.58. The molecule has 7 nitrogen and oxygen atoms in total. The molecule has 0 aliphatic rings. The molecular weight excluding hydrogens is 326 g/mol. The molecule has 1 atom stereocenters. The van der Waals surface area contributed by atoms with Crippen molar-refractivity contribution in [3.05, 3.63) is 24.3 Å². The smallest absolute Gasteiger partial charge is 0.330 e. The quantitative estimate of drug-likeness (QED) is 0.520. The van der Waals surface area contributed by atoms with Crippen molar-refractivity contribution in [1.82, 2.24) is 0 Å². The molecule has 0 aliphatic carbocycles. The van der Waals surface area contributed by atoms with E-state index in [1.807, 2.05) is 0 Å². The van der Waals surface area contributed by atoms with Gasteiger partial charge in [0.05, 0.1) is 19.3 Å². The lowest BCUT2D eigenvalue weighted by atomic mass is 9.81. The molecule has 1 aromatic carbocycles. The summed E-state index contributed by atoms with van der Waals surface area (Å²) in [5.74, 6) is -2.48. The van der Waals surface area contributed by atoms with Gasteiger partial charge in [0.1, 0.15) is 5.75 Å². The molecule has 0 amide bonds. The molecule has 0 aromatic heterocycles. The first-order valence-electron chi connectivity index (χ1n) is 8.25. The molecule has 1 rings (SSSR count). The minimum absolute atomic E-state index is 0.0332. The van der Waals surface area contributed by atoms with Crippen molar-refractivity contribution in [3.8, 4) is 5.75 Å². The number of aromatic hydroxyl groups is 1. The van der Waals surface area contributed by atoms with Crippen LogP contribution in [0.1, 0.15) is 34.1 Å². The number of rotatable bonds is 9. The average molecular weight is 351 g/mol. The number of benzene rings is 1. The van der Waals surface area contributed by atoms with Crippen molar-refractivity contribution in [1.29, 1.82) is 0 Å². The number of phenols is 1. The van der Waals surface area contributed by atoms with E-state index >= 15 is 0 Å². The Kier molecular flexibility index (Phi) is 7.42. The number of hydrogen-bond acceptors (Lipinski definition) is 7. The Labute approximate surface area is 147 Å². The Morgan fingerprint density at radius 1 is 1.12 bits per heavy atom. The summed E-state index contributed by atoms with van der Waals surface area (Å²) >= 11 is 0. The minimum Gasteiger partial charge on any atom is -0.508 e. The van der Waals surface area contributed by atoms with Crippen molar-refractivity contribution < 1.29 is 29.0 Å². The number of carbonyl (C=O) groups is 3. The van der Waals surface area contributed by atoms with Gasteiger partial charge in [0, 0.05) is 11.8 Å². The van der Waals surface area contributed by atoms with Crippen molar-refractivity contribution in [2.75, 3.05) is 18.5 Å². The summed E-state index contributed by atoms with van der Waals surface area (Å²) in [6.45, 7) is 6.23. The van der Waals surface area contributed by atoms with Gasteiger partial charge < -0.3 is 19.9 Å². The fraction of sp³-hybridized carbons (Fsp3) is 0.500. The number of hydrogen-bond donors (Lipinski definition) is 2. The van der Waals surface area contributed by atoms with Crippen LogP contribution in [-0.2, 0) is 23.9 Å². The largest absolute Gasteiger partial charge is 0.508 e. The number of nitrogens with one attached hydrogen (secondary N) is 1. The summed E-state index contributed by atoms with van der Waals surface area (Å²) in [6.07, 6.45) is 0.322. The van der Waals surface area contributed by atoms with Gasteiger partial charge in [0.15, 0.2) is 5.78 Å². The maximum Gasteiger partial charge on any atom is 0.330 e. The summed E-state index contributed by atoms with van der Waals surface area (Å²) in [7, 11) is 0. The molecular formula is C18H25NO6. The van der Waals surface area contributed by atoms with Crippen LogP contribution in [-0.4, -0.2) is 42.1 Å². The predicted molar refractivity (Wildman–Crippen MR) is 92.2 cm³/mol. The third-order valence-corrected chi connectivity index (χ3v) is 3.77. The second kappa shape index (κ2) is 9.05. The first-order chi connectivity index (χ1) is 11.8. The monoisotopic (exact) mass is 351 g/mol. The molecule has 7 heteroatoms. The van der Waals surface area contributed by atoms with Gasteiger partial charge in [-0.15, -0.1) is 0 Å². The maximum atomic E-state index is 13.0. The molecule has 0 heterocycles. The number of anilines is 1. The molecule has 1 unspecified atom stereocenters. The van der Waals surface area contributed by atoms with Crippen molar-refractivity contribution in [2.24, 2.45) is 5.41 Å². The molecule has 0 fully saturated rings. The highest BCUT2D eigenvalue weighted by atomic mass is 16.6. The second-order valence-corrected chi connectivity index (χ2v) is 5.59. The molecule has 0 aliphatic heterocycles. The molecule has 0 spiro atoms. The van der Waals surface area contributed by atoms with Crippen LogP contribution >= 0.6 is 0 Å². The summed E-state index contributed by atoms with van der Waals surface area (Å²) < 4.78 is 9.86. The fourth-order valence-corrected chi connectivity index (χ4v) is 2.33. The van der Waals surface area contributed by atoms with Gasteiger partial charge in [-0.25, -0.2) is 0 Å².